The highest BCUT2D eigenvalue weighted by Crippen LogP contribution is 2.08. The number of hydrogen-bond donors (Lipinski definition) is 0. The van der Waals surface area contributed by atoms with Gasteiger partial charge in [0.2, 0.25) is 0 Å². The molecule has 0 aromatic heterocycles. The van der Waals surface area contributed by atoms with Gasteiger partial charge in [0.25, 0.3) is 0 Å². The summed E-state index contributed by atoms with van der Waals surface area (Å²) in [7, 11) is 16.6. The molecule has 0 spiro atoms. The first kappa shape index (κ1) is 48.1. The van der Waals surface area contributed by atoms with Crippen LogP contribution in [-0.2, 0) is 0 Å². The van der Waals surface area contributed by atoms with Crippen LogP contribution in [0, 0.1) is 35.8 Å². The van der Waals surface area contributed by atoms with Crippen LogP contribution in [0.3, 0.4) is 0 Å². The van der Waals surface area contributed by atoms with Crippen LogP contribution in [0.4, 0.5) is 0 Å². The van der Waals surface area contributed by atoms with E-state index in [0.717, 1.165) is 35.1 Å². The molecule has 0 saturated heterocycles. The smallest absolute Gasteiger partial charge is 0.339 e. The van der Waals surface area contributed by atoms with Crippen LogP contribution in [-0.4, -0.2) is 127 Å². The second-order valence-corrected chi connectivity index (χ2v) is 11.3. The van der Waals surface area contributed by atoms with Crippen molar-refractivity contribution in [1.82, 2.24) is 0 Å². The van der Waals surface area contributed by atoms with E-state index in [0.29, 0.717) is 35.4 Å². The SMILES string of the molecule is [C-]#[N+]C[N+](C)(C)CCCCCC[N+](C)(C)CC#N.[C-]#[N+]C[N+](C)(C)CC[N+](C)(C)CC#N.[Cl-].[Cl-].[Cl-].[Cl-]. The minimum absolute atomic E-state index is 0. The second-order valence-electron chi connectivity index (χ2n) is 11.3. The largest absolute Gasteiger partial charge is 1.00 e. The fourth-order valence-electron chi connectivity index (χ4n) is 3.04. The predicted molar refractivity (Wildman–Crippen MR) is 130 cm³/mol. The third-order valence-electron chi connectivity index (χ3n) is 5.49. The van der Waals surface area contributed by atoms with Gasteiger partial charge in [-0.3, -0.25) is 18.7 Å². The third kappa shape index (κ3) is 31.0. The summed E-state index contributed by atoms with van der Waals surface area (Å²) in [6, 6.07) is 4.42. The minimum atomic E-state index is 0. The van der Waals surface area contributed by atoms with Crippen LogP contribution in [0.25, 0.3) is 9.69 Å². The number of nitriles is 2. The molecule has 0 rings (SSSR count). The summed E-state index contributed by atoms with van der Waals surface area (Å²) in [5, 5.41) is 17.3. The number of unbranched alkanes of at least 4 members (excludes halogenated alkanes) is 3. The van der Waals surface area contributed by atoms with Gasteiger partial charge in [0, 0.05) is 0 Å². The molecule has 12 heteroatoms. The predicted octanol–water partition coefficient (Wildman–Crippen LogP) is -9.34. The normalized spacial score (nSPS) is 10.6. The fraction of sp³-hybridized carbons (Fsp3) is 0.833. The van der Waals surface area contributed by atoms with Gasteiger partial charge in [0.15, 0.2) is 13.1 Å². The van der Waals surface area contributed by atoms with Crippen LogP contribution in [0.2, 0.25) is 0 Å². The third-order valence-corrected chi connectivity index (χ3v) is 5.49. The lowest BCUT2D eigenvalue weighted by Crippen LogP contribution is -3.00. The first-order valence-electron chi connectivity index (χ1n) is 11.3. The molecule has 0 N–H and O–H groups in total. The second kappa shape index (κ2) is 24.3. The van der Waals surface area contributed by atoms with Crippen molar-refractivity contribution in [2.45, 2.75) is 25.7 Å². The van der Waals surface area contributed by atoms with Crippen molar-refractivity contribution in [3.8, 4) is 12.1 Å². The van der Waals surface area contributed by atoms with Gasteiger partial charge in [-0.05, 0) is 25.7 Å². The zero-order valence-corrected chi connectivity index (χ0v) is 26.6. The lowest BCUT2D eigenvalue weighted by molar-refractivity contribution is -0.940. The van der Waals surface area contributed by atoms with Gasteiger partial charge in [-0.2, -0.15) is 10.5 Å². The Morgan fingerprint density at radius 2 is 0.778 bits per heavy atom. The zero-order chi connectivity index (χ0) is 25.3. The summed E-state index contributed by atoms with van der Waals surface area (Å²) in [5.41, 5.74) is 0. The summed E-state index contributed by atoms with van der Waals surface area (Å²) >= 11 is 0. The summed E-state index contributed by atoms with van der Waals surface area (Å²) in [4.78, 5) is 6.87. The quantitative estimate of drug-likeness (QED) is 0.0875. The number of quaternary nitrogens is 4. The summed E-state index contributed by atoms with van der Waals surface area (Å²) < 4.78 is 3.02. The van der Waals surface area contributed by atoms with E-state index < -0.39 is 0 Å². The summed E-state index contributed by atoms with van der Waals surface area (Å²) in [5.74, 6) is 0. The van der Waals surface area contributed by atoms with E-state index in [9.17, 15) is 0 Å². The van der Waals surface area contributed by atoms with E-state index in [1.165, 1.54) is 25.7 Å². The van der Waals surface area contributed by atoms with Crippen molar-refractivity contribution < 1.29 is 67.6 Å². The number of rotatable bonds is 14. The fourth-order valence-corrected chi connectivity index (χ4v) is 3.04. The van der Waals surface area contributed by atoms with E-state index in [2.05, 4.69) is 50.0 Å². The van der Waals surface area contributed by atoms with E-state index in [1.807, 2.05) is 28.2 Å². The molecule has 0 amide bonds. The molecule has 0 fully saturated rings. The Labute approximate surface area is 247 Å². The van der Waals surface area contributed by atoms with Gasteiger partial charge < -0.3 is 58.6 Å². The topological polar surface area (TPSA) is 56.3 Å². The van der Waals surface area contributed by atoms with Gasteiger partial charge in [0.05, 0.1) is 69.5 Å². The van der Waals surface area contributed by atoms with Gasteiger partial charge >= 0.3 is 13.3 Å². The van der Waals surface area contributed by atoms with E-state index in [1.54, 1.807) is 0 Å². The average molecular weight is 591 g/mol. The minimum Gasteiger partial charge on any atom is -1.00 e. The van der Waals surface area contributed by atoms with Crippen molar-refractivity contribution in [2.75, 3.05) is 109 Å². The van der Waals surface area contributed by atoms with Crippen LogP contribution < -0.4 is 49.6 Å². The Morgan fingerprint density at radius 3 is 1.11 bits per heavy atom. The van der Waals surface area contributed by atoms with Gasteiger partial charge in [0.1, 0.15) is 25.2 Å². The highest BCUT2D eigenvalue weighted by molar-refractivity contribution is 4.67. The number of nitrogens with zero attached hydrogens (tertiary/aromatic N) is 8. The zero-order valence-electron chi connectivity index (χ0n) is 23.6. The molecule has 36 heavy (non-hydrogen) atoms. The van der Waals surface area contributed by atoms with E-state index in [4.69, 9.17) is 23.7 Å². The molecule has 0 aromatic rings. The molecule has 8 nitrogen and oxygen atoms in total. The molecule has 0 saturated carbocycles. The lowest BCUT2D eigenvalue weighted by atomic mass is 10.1. The van der Waals surface area contributed by atoms with Crippen LogP contribution >= 0.6 is 0 Å². The molecule has 0 aromatic carbocycles. The summed E-state index contributed by atoms with van der Waals surface area (Å²) in [6.07, 6.45) is 4.83. The number of halogens is 4. The highest BCUT2D eigenvalue weighted by atomic mass is 35.5. The first-order valence-corrected chi connectivity index (χ1v) is 11.3. The monoisotopic (exact) mass is 588 g/mol. The number of likely N-dealkylation sites (N-methyl/N-ethyl adjacent to an activating group) is 2. The van der Waals surface area contributed by atoms with Gasteiger partial charge in [-0.1, -0.05) is 0 Å². The maximum atomic E-state index is 8.69. The first-order chi connectivity index (χ1) is 14.7. The van der Waals surface area contributed by atoms with Crippen molar-refractivity contribution in [3.05, 3.63) is 22.8 Å². The summed E-state index contributed by atoms with van der Waals surface area (Å²) in [6.45, 7) is 19.9. The maximum absolute atomic E-state index is 8.69. The van der Waals surface area contributed by atoms with Gasteiger partial charge in [-0.25, -0.2) is 13.1 Å². The van der Waals surface area contributed by atoms with Gasteiger partial charge in [-0.15, -0.1) is 0 Å². The van der Waals surface area contributed by atoms with E-state index in [-0.39, 0.29) is 49.6 Å². The Balaban J connectivity index is -0.000000115. The van der Waals surface area contributed by atoms with Crippen molar-refractivity contribution >= 4 is 0 Å². The molecule has 0 aliphatic carbocycles. The average Bonchev–Trinajstić information content (AvgIpc) is 2.63. The van der Waals surface area contributed by atoms with Crippen molar-refractivity contribution in [1.29, 1.82) is 10.5 Å². The maximum Gasteiger partial charge on any atom is 0.339 e. The molecule has 0 aliphatic heterocycles. The molecule has 0 atom stereocenters. The molecule has 212 valence electrons. The molecule has 0 heterocycles. The molecular formula is C24H48Cl4N8. The lowest BCUT2D eigenvalue weighted by Gasteiger charge is -2.31. The van der Waals surface area contributed by atoms with Crippen molar-refractivity contribution in [2.24, 2.45) is 0 Å². The van der Waals surface area contributed by atoms with Crippen molar-refractivity contribution in [3.63, 3.8) is 0 Å². The van der Waals surface area contributed by atoms with Crippen LogP contribution in [0.15, 0.2) is 0 Å². The Bertz CT molecular complexity index is 639. The Hall–Kier alpha value is -1.04. The van der Waals surface area contributed by atoms with Crippen LogP contribution in [0.5, 0.6) is 0 Å². The van der Waals surface area contributed by atoms with Crippen LogP contribution in [0.1, 0.15) is 25.7 Å². The van der Waals surface area contributed by atoms with E-state index >= 15 is 0 Å². The highest BCUT2D eigenvalue weighted by Gasteiger charge is 2.24. The molecular weight excluding hydrogens is 542 g/mol. The Kier molecular flexibility index (Phi) is 32.5. The molecule has 0 bridgehead atoms. The number of hydrogen-bond acceptors (Lipinski definition) is 2. The molecule has 0 radical (unpaired) electrons. The standard InChI is InChI=1S/C14H28N4.C10H20N4.4ClH/c1-16-14-18(4,5)12-9-7-6-8-11-17(2,3)13-10-15;1-12-10-14(4,5)9-8-13(2,3)7-6-11;;;;/h6-9,11-14H2,2-5H3;7-10H2,2-5H3;4*1H/q2*+2;;;;/p-4. The Morgan fingerprint density at radius 1 is 0.500 bits per heavy atom. The molecule has 0 unspecified atom stereocenters. The molecule has 0 aliphatic rings.